The van der Waals surface area contributed by atoms with Crippen LogP contribution in [0.15, 0.2) is 30.5 Å². The van der Waals surface area contributed by atoms with Crippen molar-refractivity contribution in [3.05, 3.63) is 41.9 Å². The van der Waals surface area contributed by atoms with E-state index in [-0.39, 0.29) is 5.41 Å². The molecule has 0 saturated carbocycles. The van der Waals surface area contributed by atoms with Crippen LogP contribution in [0.25, 0.3) is 11.3 Å². The van der Waals surface area contributed by atoms with Crippen LogP contribution in [-0.2, 0) is 5.41 Å². The lowest BCUT2D eigenvalue weighted by Gasteiger charge is -2.19. The number of imidazole rings is 1. The van der Waals surface area contributed by atoms with Gasteiger partial charge in [-0.15, -0.1) is 0 Å². The number of rotatable bonds is 4. The smallest absolute Gasteiger partial charge is 0.248 e. The summed E-state index contributed by atoms with van der Waals surface area (Å²) in [6, 6.07) is 7.16. The van der Waals surface area contributed by atoms with E-state index in [1.54, 1.807) is 12.1 Å². The molecule has 0 bridgehead atoms. The van der Waals surface area contributed by atoms with Crippen LogP contribution in [0.1, 0.15) is 43.4 Å². The molecule has 0 radical (unpaired) electrons. The minimum Gasteiger partial charge on any atom is -0.366 e. The predicted molar refractivity (Wildman–Crippen MR) is 75.9 cm³/mol. The van der Waals surface area contributed by atoms with Gasteiger partial charge in [0.05, 0.1) is 5.69 Å². The quantitative estimate of drug-likeness (QED) is 0.884. The molecule has 0 saturated heterocycles. The highest BCUT2D eigenvalue weighted by molar-refractivity contribution is 5.93. The minimum atomic E-state index is -0.415. The average Bonchev–Trinajstić information content (AvgIpc) is 2.89. The summed E-state index contributed by atoms with van der Waals surface area (Å²) in [4.78, 5) is 18.9. The normalized spacial score (nSPS) is 11.5. The first-order valence-corrected chi connectivity index (χ1v) is 6.40. The Balaban J connectivity index is 2.30. The molecule has 0 spiro atoms. The van der Waals surface area contributed by atoms with Gasteiger partial charge in [-0.05, 0) is 18.6 Å². The maximum atomic E-state index is 11.0. The van der Waals surface area contributed by atoms with Gasteiger partial charge in [-0.2, -0.15) is 0 Å². The second-order valence-electron chi connectivity index (χ2n) is 5.31. The summed E-state index contributed by atoms with van der Waals surface area (Å²) in [5.41, 5.74) is 7.62. The summed E-state index contributed by atoms with van der Waals surface area (Å²) in [5, 5.41) is 0. The van der Waals surface area contributed by atoms with Crippen LogP contribution in [0.2, 0.25) is 0 Å². The molecular formula is C15H19N3O. The van der Waals surface area contributed by atoms with Gasteiger partial charge in [0.25, 0.3) is 0 Å². The molecule has 0 unspecified atom stereocenters. The molecule has 1 aromatic heterocycles. The number of H-pyrrole nitrogens is 1. The van der Waals surface area contributed by atoms with Crippen molar-refractivity contribution in [3.63, 3.8) is 0 Å². The summed E-state index contributed by atoms with van der Waals surface area (Å²) in [6.07, 6.45) is 2.91. The van der Waals surface area contributed by atoms with E-state index >= 15 is 0 Å². The van der Waals surface area contributed by atoms with Gasteiger partial charge in [-0.3, -0.25) is 4.79 Å². The molecule has 2 aromatic rings. The second kappa shape index (κ2) is 4.88. The number of carbonyl (C=O) groups is 1. The van der Waals surface area contributed by atoms with E-state index in [1.807, 2.05) is 18.3 Å². The van der Waals surface area contributed by atoms with Crippen LogP contribution < -0.4 is 5.73 Å². The third kappa shape index (κ3) is 2.67. The highest BCUT2D eigenvalue weighted by Crippen LogP contribution is 2.26. The maximum Gasteiger partial charge on any atom is 0.248 e. The number of hydrogen-bond donors (Lipinski definition) is 2. The molecule has 1 amide bonds. The van der Waals surface area contributed by atoms with Crippen LogP contribution >= 0.6 is 0 Å². The number of aromatic nitrogens is 2. The van der Waals surface area contributed by atoms with E-state index in [1.165, 1.54) is 0 Å². The predicted octanol–water partition coefficient (Wildman–Crippen LogP) is 2.86. The van der Waals surface area contributed by atoms with Crippen molar-refractivity contribution in [2.24, 2.45) is 5.73 Å². The maximum absolute atomic E-state index is 11.0. The molecule has 0 aliphatic carbocycles. The number of nitrogens with two attached hydrogens (primary N) is 1. The van der Waals surface area contributed by atoms with Crippen LogP contribution in [0.4, 0.5) is 0 Å². The second-order valence-corrected chi connectivity index (χ2v) is 5.31. The van der Waals surface area contributed by atoms with Gasteiger partial charge in [0.1, 0.15) is 5.82 Å². The third-order valence-corrected chi connectivity index (χ3v) is 3.57. The Bertz CT molecular complexity index is 582. The molecule has 0 atom stereocenters. The van der Waals surface area contributed by atoms with E-state index in [9.17, 15) is 4.79 Å². The molecule has 4 heteroatoms. The van der Waals surface area contributed by atoms with Crippen LogP contribution in [0.5, 0.6) is 0 Å². The van der Waals surface area contributed by atoms with Gasteiger partial charge in [-0.25, -0.2) is 4.98 Å². The van der Waals surface area contributed by atoms with Crippen LogP contribution in [-0.4, -0.2) is 15.9 Å². The summed E-state index contributed by atoms with van der Waals surface area (Å²) >= 11 is 0. The molecule has 3 N–H and O–H groups in total. The number of carbonyl (C=O) groups excluding carboxylic acids is 1. The van der Waals surface area contributed by atoms with Crippen LogP contribution in [0, 0.1) is 0 Å². The Morgan fingerprint density at radius 1 is 1.32 bits per heavy atom. The van der Waals surface area contributed by atoms with E-state index in [4.69, 9.17) is 5.73 Å². The largest absolute Gasteiger partial charge is 0.366 e. The summed E-state index contributed by atoms with van der Waals surface area (Å²) in [5.74, 6) is 0.561. The zero-order valence-corrected chi connectivity index (χ0v) is 11.5. The fraction of sp³-hybridized carbons (Fsp3) is 0.333. The first-order valence-electron chi connectivity index (χ1n) is 6.40. The molecule has 0 aliphatic rings. The molecule has 100 valence electrons. The first kappa shape index (κ1) is 13.3. The van der Waals surface area contributed by atoms with E-state index < -0.39 is 5.91 Å². The SMILES string of the molecule is CCC(C)(C)c1nc(-c2ccc(C(N)=O)cc2)c[nH]1. The van der Waals surface area contributed by atoms with Crippen molar-refractivity contribution < 1.29 is 4.79 Å². The monoisotopic (exact) mass is 257 g/mol. The Kier molecular flexibility index (Phi) is 3.42. The number of primary amides is 1. The highest BCUT2D eigenvalue weighted by atomic mass is 16.1. The molecule has 19 heavy (non-hydrogen) atoms. The van der Waals surface area contributed by atoms with Crippen molar-refractivity contribution in [3.8, 4) is 11.3 Å². The molecule has 4 nitrogen and oxygen atoms in total. The fourth-order valence-corrected chi connectivity index (χ4v) is 1.79. The standard InChI is InChI=1S/C15H19N3O/c1-4-15(2,3)14-17-9-12(18-14)10-5-7-11(8-6-10)13(16)19/h5-9H,4H2,1-3H3,(H2,16,19)(H,17,18). The van der Waals surface area contributed by atoms with Crippen molar-refractivity contribution in [2.75, 3.05) is 0 Å². The molecule has 0 aliphatic heterocycles. The summed E-state index contributed by atoms with van der Waals surface area (Å²) in [6.45, 7) is 6.46. The topological polar surface area (TPSA) is 71.8 Å². The van der Waals surface area contributed by atoms with E-state index in [2.05, 4.69) is 30.7 Å². The number of benzene rings is 1. The van der Waals surface area contributed by atoms with Crippen LogP contribution in [0.3, 0.4) is 0 Å². The lowest BCUT2D eigenvalue weighted by Crippen LogP contribution is -2.17. The van der Waals surface area contributed by atoms with Crippen molar-refractivity contribution in [1.29, 1.82) is 0 Å². The first-order chi connectivity index (χ1) is 8.94. The van der Waals surface area contributed by atoms with Crippen molar-refractivity contribution >= 4 is 5.91 Å². The van der Waals surface area contributed by atoms with Gasteiger partial charge in [0, 0.05) is 22.7 Å². The number of amides is 1. The van der Waals surface area contributed by atoms with E-state index in [0.29, 0.717) is 5.56 Å². The summed E-state index contributed by atoms with van der Waals surface area (Å²) < 4.78 is 0. The average molecular weight is 257 g/mol. The fourth-order valence-electron chi connectivity index (χ4n) is 1.79. The van der Waals surface area contributed by atoms with Gasteiger partial charge in [0.15, 0.2) is 0 Å². The number of nitrogens with zero attached hydrogens (tertiary/aromatic N) is 1. The Morgan fingerprint density at radius 3 is 2.47 bits per heavy atom. The van der Waals surface area contributed by atoms with Gasteiger partial charge >= 0.3 is 0 Å². The number of hydrogen-bond acceptors (Lipinski definition) is 2. The zero-order valence-electron chi connectivity index (χ0n) is 11.5. The Morgan fingerprint density at radius 2 is 1.95 bits per heavy atom. The lowest BCUT2D eigenvalue weighted by atomic mass is 9.89. The molecule has 1 heterocycles. The lowest BCUT2D eigenvalue weighted by molar-refractivity contribution is 0.100. The summed E-state index contributed by atoms with van der Waals surface area (Å²) in [7, 11) is 0. The molecule has 1 aromatic carbocycles. The highest BCUT2D eigenvalue weighted by Gasteiger charge is 2.21. The zero-order chi connectivity index (χ0) is 14.0. The van der Waals surface area contributed by atoms with Crippen molar-refractivity contribution in [1.82, 2.24) is 9.97 Å². The minimum absolute atomic E-state index is 0.0331. The van der Waals surface area contributed by atoms with Gasteiger partial charge in [-0.1, -0.05) is 32.9 Å². The Hall–Kier alpha value is -2.10. The van der Waals surface area contributed by atoms with Gasteiger partial charge in [0.2, 0.25) is 5.91 Å². The number of aromatic amines is 1. The van der Waals surface area contributed by atoms with Crippen molar-refractivity contribution in [2.45, 2.75) is 32.6 Å². The van der Waals surface area contributed by atoms with E-state index in [0.717, 1.165) is 23.5 Å². The molecule has 0 fully saturated rings. The Labute approximate surface area is 113 Å². The van der Waals surface area contributed by atoms with Gasteiger partial charge < -0.3 is 10.7 Å². The molecule has 2 rings (SSSR count). The third-order valence-electron chi connectivity index (χ3n) is 3.57. The number of nitrogens with one attached hydrogen (secondary N) is 1. The molecular weight excluding hydrogens is 238 g/mol.